The summed E-state index contributed by atoms with van der Waals surface area (Å²) in [6.07, 6.45) is 7.92. The lowest BCUT2D eigenvalue weighted by molar-refractivity contribution is -0.134. The Bertz CT molecular complexity index is 2240. The predicted molar refractivity (Wildman–Crippen MR) is 249 cm³/mol. The van der Waals surface area contributed by atoms with Gasteiger partial charge in [-0.05, 0) is 98.4 Å². The maximum atomic E-state index is 12.8. The van der Waals surface area contributed by atoms with Crippen molar-refractivity contribution in [1.29, 1.82) is 0 Å². The minimum Gasteiger partial charge on any atom is -0.490 e. The molecule has 0 radical (unpaired) electrons. The number of aromatic nitrogens is 2. The van der Waals surface area contributed by atoms with E-state index >= 15 is 0 Å². The van der Waals surface area contributed by atoms with Crippen LogP contribution in [-0.4, -0.2) is 105 Å². The monoisotopic (exact) mass is 876 g/mol. The van der Waals surface area contributed by atoms with Crippen molar-refractivity contribution in [3.63, 3.8) is 0 Å². The highest BCUT2D eigenvalue weighted by Gasteiger charge is 2.16. The third-order valence-corrected chi connectivity index (χ3v) is 9.83. The van der Waals surface area contributed by atoms with E-state index in [1.54, 1.807) is 24.3 Å². The second-order valence-electron chi connectivity index (χ2n) is 14.9. The number of carboxylic acid groups (broad SMARTS) is 2. The number of nitrogens with one attached hydrogen (secondary N) is 4. The molecule has 0 aliphatic rings. The topological polar surface area (TPSA) is 223 Å². The summed E-state index contributed by atoms with van der Waals surface area (Å²) in [6, 6.07) is 30.8. The number of aliphatic hydroxyl groups is 2. The van der Waals surface area contributed by atoms with Gasteiger partial charge in [-0.25, -0.2) is 9.59 Å². The summed E-state index contributed by atoms with van der Waals surface area (Å²) in [7, 11) is 0. The van der Waals surface area contributed by atoms with Crippen LogP contribution in [0.5, 0.6) is 11.5 Å². The van der Waals surface area contributed by atoms with Crippen molar-refractivity contribution in [1.82, 2.24) is 20.6 Å². The SMILES string of the molecule is CCCNCC(O)COc1ccccc1C(=O)CCc1cccc2[nH]ccc12.CCCNCC(O)COc1ccccc1C(=O)CCc1cccc2[nH]ccc12.O=C(O)/C=C/C(=O)O. The van der Waals surface area contributed by atoms with Crippen LogP contribution in [0.3, 0.4) is 0 Å². The highest BCUT2D eigenvalue weighted by Crippen LogP contribution is 2.25. The molecule has 14 heteroatoms. The van der Waals surface area contributed by atoms with Gasteiger partial charge in [0.2, 0.25) is 0 Å². The smallest absolute Gasteiger partial charge is 0.328 e. The fourth-order valence-corrected chi connectivity index (χ4v) is 6.67. The van der Waals surface area contributed by atoms with E-state index in [0.717, 1.165) is 58.9 Å². The Morgan fingerprint density at radius 2 is 0.984 bits per heavy atom. The zero-order chi connectivity index (χ0) is 46.1. The number of carbonyl (C=O) groups excluding carboxylic acids is 2. The largest absolute Gasteiger partial charge is 0.490 e. The zero-order valence-corrected chi connectivity index (χ0v) is 36.4. The van der Waals surface area contributed by atoms with Gasteiger partial charge in [-0.15, -0.1) is 0 Å². The maximum absolute atomic E-state index is 12.8. The van der Waals surface area contributed by atoms with E-state index in [1.165, 1.54) is 0 Å². The molecule has 0 aliphatic heterocycles. The first kappa shape index (κ1) is 50.1. The Morgan fingerprint density at radius 1 is 0.578 bits per heavy atom. The van der Waals surface area contributed by atoms with Crippen molar-refractivity contribution in [2.24, 2.45) is 0 Å². The normalized spacial score (nSPS) is 11.9. The highest BCUT2D eigenvalue weighted by atomic mass is 16.5. The summed E-state index contributed by atoms with van der Waals surface area (Å²) in [6.45, 7) is 7.14. The number of aliphatic hydroxyl groups excluding tert-OH is 2. The van der Waals surface area contributed by atoms with Crippen LogP contribution >= 0.6 is 0 Å². The van der Waals surface area contributed by atoms with Crippen LogP contribution in [0.1, 0.15) is 71.4 Å². The number of rotatable bonds is 24. The van der Waals surface area contributed by atoms with E-state index in [9.17, 15) is 29.4 Å². The molecule has 2 atom stereocenters. The van der Waals surface area contributed by atoms with E-state index in [4.69, 9.17) is 19.7 Å². The molecule has 0 saturated carbocycles. The zero-order valence-electron chi connectivity index (χ0n) is 36.4. The summed E-state index contributed by atoms with van der Waals surface area (Å²) >= 11 is 0. The first-order chi connectivity index (χ1) is 31.0. The highest BCUT2D eigenvalue weighted by molar-refractivity contribution is 6.00. The van der Waals surface area contributed by atoms with E-state index in [-0.39, 0.29) is 24.8 Å². The minimum absolute atomic E-state index is 0.0433. The second kappa shape index (κ2) is 27.5. The van der Waals surface area contributed by atoms with Crippen LogP contribution in [0.25, 0.3) is 21.8 Å². The van der Waals surface area contributed by atoms with Gasteiger partial charge in [-0.1, -0.05) is 62.4 Å². The molecule has 2 heterocycles. The van der Waals surface area contributed by atoms with E-state index in [0.29, 0.717) is 73.6 Å². The number of carboxylic acids is 2. The van der Waals surface area contributed by atoms with Crippen LogP contribution in [-0.2, 0) is 22.4 Å². The number of ketones is 2. The number of carbonyl (C=O) groups is 4. The van der Waals surface area contributed by atoms with Gasteiger partial charge in [0.1, 0.15) is 36.9 Å². The molecule has 0 spiro atoms. The van der Waals surface area contributed by atoms with Crippen molar-refractivity contribution in [2.45, 2.75) is 64.6 Å². The molecule has 0 saturated heterocycles. The summed E-state index contributed by atoms with van der Waals surface area (Å²) in [5.41, 5.74) is 5.61. The van der Waals surface area contributed by atoms with Gasteiger partial charge >= 0.3 is 11.9 Å². The van der Waals surface area contributed by atoms with Gasteiger partial charge in [0, 0.05) is 72.3 Å². The number of H-pyrrole nitrogens is 2. The van der Waals surface area contributed by atoms with Crippen LogP contribution in [0.4, 0.5) is 0 Å². The number of ether oxygens (including phenoxy) is 2. The number of aliphatic carboxylic acids is 2. The first-order valence-electron chi connectivity index (χ1n) is 21.5. The first-order valence-corrected chi connectivity index (χ1v) is 21.5. The van der Waals surface area contributed by atoms with Crippen LogP contribution in [0.2, 0.25) is 0 Å². The quantitative estimate of drug-likeness (QED) is 0.0172. The molecule has 2 unspecified atom stereocenters. The summed E-state index contributed by atoms with van der Waals surface area (Å²) in [4.78, 5) is 51.1. The fraction of sp³-hybridized carbons (Fsp3) is 0.320. The van der Waals surface area contributed by atoms with E-state index < -0.39 is 24.1 Å². The van der Waals surface area contributed by atoms with Crippen molar-refractivity contribution < 1.29 is 49.1 Å². The molecular formula is C50H60N4O10. The number of aromatic amines is 2. The molecule has 14 nitrogen and oxygen atoms in total. The van der Waals surface area contributed by atoms with Crippen molar-refractivity contribution in [3.8, 4) is 11.5 Å². The minimum atomic E-state index is -1.26. The Balaban J connectivity index is 0.000000240. The van der Waals surface area contributed by atoms with Crippen molar-refractivity contribution in [3.05, 3.63) is 144 Å². The molecule has 2 aromatic heterocycles. The van der Waals surface area contributed by atoms with Crippen LogP contribution in [0.15, 0.2) is 122 Å². The van der Waals surface area contributed by atoms with E-state index in [1.807, 2.05) is 73.1 Å². The summed E-state index contributed by atoms with van der Waals surface area (Å²) in [5, 5.41) is 44.3. The molecule has 340 valence electrons. The van der Waals surface area contributed by atoms with Gasteiger partial charge in [-0.3, -0.25) is 9.59 Å². The average molecular weight is 877 g/mol. The van der Waals surface area contributed by atoms with Gasteiger partial charge in [-0.2, -0.15) is 0 Å². The molecule has 0 aliphatic carbocycles. The molecule has 8 N–H and O–H groups in total. The standard InChI is InChI=1S/2C23H28N2O3.C4H4O4/c2*1-2-13-24-15-18(26)16-28-23-9-4-3-7-20(23)22(27)11-10-17-6-5-8-21-19(17)12-14-25-21;5-3(6)1-2-4(7)8/h2*3-9,12,14,18,24-26H,2,10-11,13,15-16H2,1H3;1-2H,(H,5,6)(H,7,8)/b;;2-1+. The van der Waals surface area contributed by atoms with Gasteiger partial charge in [0.05, 0.1) is 11.1 Å². The summed E-state index contributed by atoms with van der Waals surface area (Å²) in [5.74, 6) is -1.37. The van der Waals surface area contributed by atoms with Crippen molar-refractivity contribution >= 4 is 45.3 Å². The summed E-state index contributed by atoms with van der Waals surface area (Å²) < 4.78 is 11.5. The third kappa shape index (κ3) is 16.9. The number of hydrogen-bond donors (Lipinski definition) is 8. The number of aryl methyl sites for hydroxylation is 2. The Morgan fingerprint density at radius 3 is 1.38 bits per heavy atom. The van der Waals surface area contributed by atoms with Crippen LogP contribution < -0.4 is 20.1 Å². The Hall–Kier alpha value is -6.58. The second-order valence-corrected chi connectivity index (χ2v) is 14.9. The Labute approximate surface area is 373 Å². The van der Waals surface area contributed by atoms with Crippen molar-refractivity contribution in [2.75, 3.05) is 39.4 Å². The van der Waals surface area contributed by atoms with Gasteiger partial charge in [0.25, 0.3) is 0 Å². The molecular weight excluding hydrogens is 817 g/mol. The fourth-order valence-electron chi connectivity index (χ4n) is 6.67. The Kier molecular flexibility index (Phi) is 21.5. The van der Waals surface area contributed by atoms with Crippen LogP contribution in [0, 0.1) is 0 Å². The molecule has 0 fully saturated rings. The number of hydrogen-bond acceptors (Lipinski definition) is 10. The lowest BCUT2D eigenvalue weighted by atomic mass is 10.00. The predicted octanol–water partition coefficient (Wildman–Crippen LogP) is 7.16. The average Bonchev–Trinajstić information content (AvgIpc) is 4.00. The molecule has 4 aromatic carbocycles. The third-order valence-electron chi connectivity index (χ3n) is 9.83. The molecule has 0 bridgehead atoms. The number of para-hydroxylation sites is 2. The maximum Gasteiger partial charge on any atom is 0.328 e. The molecule has 6 rings (SSSR count). The van der Waals surface area contributed by atoms with E-state index in [2.05, 4.69) is 46.6 Å². The number of Topliss-reactive ketones (excluding diaryl/α,β-unsaturated/α-hetero) is 2. The lowest BCUT2D eigenvalue weighted by Gasteiger charge is -2.15. The number of benzene rings is 4. The molecule has 0 amide bonds. The molecule has 6 aromatic rings. The van der Waals surface area contributed by atoms with Gasteiger partial charge < -0.3 is 50.5 Å². The van der Waals surface area contributed by atoms with Gasteiger partial charge in [0.15, 0.2) is 11.6 Å². The number of fused-ring (bicyclic) bond motifs is 2. The molecule has 64 heavy (non-hydrogen) atoms. The lowest BCUT2D eigenvalue weighted by Crippen LogP contribution is -2.32.